The van der Waals surface area contributed by atoms with Crippen LogP contribution in [0.2, 0.25) is 5.02 Å². The number of aryl methyl sites for hydroxylation is 1. The molecule has 0 unspecified atom stereocenters. The smallest absolute Gasteiger partial charge is 0.272 e. The molecule has 0 radical (unpaired) electrons. The van der Waals surface area contributed by atoms with E-state index in [4.69, 9.17) is 16.3 Å². The molecule has 0 aliphatic carbocycles. The summed E-state index contributed by atoms with van der Waals surface area (Å²) in [5.41, 5.74) is 0.875. The number of hydrogen-bond acceptors (Lipinski definition) is 4. The number of nitro benzene ring substituents is 1. The van der Waals surface area contributed by atoms with Crippen molar-refractivity contribution in [1.82, 2.24) is 0 Å². The Bertz CT molecular complexity index is 700. The van der Waals surface area contributed by atoms with Gasteiger partial charge in [-0.1, -0.05) is 23.7 Å². The Morgan fingerprint density at radius 3 is 2.62 bits per heavy atom. The van der Waals surface area contributed by atoms with Crippen molar-refractivity contribution < 1.29 is 14.5 Å². The standard InChI is InChI=1S/C15H12ClNO4/c1-10-8-11(6-7-14(10)17(19)20)21-9-15(18)12-4-2-3-5-13(12)16/h2-8H,9H2,1H3. The zero-order chi connectivity index (χ0) is 15.4. The molecule has 0 amide bonds. The lowest BCUT2D eigenvalue weighted by Crippen LogP contribution is -2.12. The van der Waals surface area contributed by atoms with E-state index in [9.17, 15) is 14.9 Å². The minimum absolute atomic E-state index is 0.0137. The number of halogens is 1. The summed E-state index contributed by atoms with van der Waals surface area (Å²) in [6, 6.07) is 11.0. The molecule has 6 heteroatoms. The van der Waals surface area contributed by atoms with E-state index in [2.05, 4.69) is 0 Å². The number of hydrogen-bond donors (Lipinski definition) is 0. The Labute approximate surface area is 126 Å². The molecule has 0 aliphatic rings. The van der Waals surface area contributed by atoms with Gasteiger partial charge in [0, 0.05) is 17.2 Å². The first kappa shape index (κ1) is 15.0. The Kier molecular flexibility index (Phi) is 4.55. The second-order valence-electron chi connectivity index (χ2n) is 4.40. The average Bonchev–Trinajstić information content (AvgIpc) is 2.45. The van der Waals surface area contributed by atoms with E-state index in [1.807, 2.05) is 0 Å². The first-order chi connectivity index (χ1) is 9.99. The second-order valence-corrected chi connectivity index (χ2v) is 4.80. The summed E-state index contributed by atoms with van der Waals surface area (Å²) in [5, 5.41) is 11.1. The third kappa shape index (κ3) is 3.58. The summed E-state index contributed by atoms with van der Waals surface area (Å²) < 4.78 is 5.36. The molecule has 21 heavy (non-hydrogen) atoms. The van der Waals surface area contributed by atoms with Crippen molar-refractivity contribution >= 4 is 23.1 Å². The first-order valence-corrected chi connectivity index (χ1v) is 6.52. The summed E-state index contributed by atoms with van der Waals surface area (Å²) >= 11 is 5.93. The number of ether oxygens (including phenoxy) is 1. The van der Waals surface area contributed by atoms with Crippen molar-refractivity contribution in [2.75, 3.05) is 6.61 Å². The van der Waals surface area contributed by atoms with Crippen molar-refractivity contribution in [2.24, 2.45) is 0 Å². The van der Waals surface area contributed by atoms with Crippen LogP contribution in [0.25, 0.3) is 0 Å². The van der Waals surface area contributed by atoms with Crippen LogP contribution in [0.1, 0.15) is 15.9 Å². The molecule has 0 bridgehead atoms. The Hall–Kier alpha value is -2.40. The molecule has 2 rings (SSSR count). The second kappa shape index (κ2) is 6.37. The normalized spacial score (nSPS) is 10.2. The molecule has 0 N–H and O–H groups in total. The van der Waals surface area contributed by atoms with Gasteiger partial charge in [0.25, 0.3) is 5.69 Å². The zero-order valence-corrected chi connectivity index (χ0v) is 12.0. The van der Waals surface area contributed by atoms with Crippen molar-refractivity contribution in [3.05, 3.63) is 68.7 Å². The number of nitro groups is 1. The van der Waals surface area contributed by atoms with Gasteiger partial charge in [0.05, 0.1) is 9.95 Å². The Balaban J connectivity index is 2.07. The van der Waals surface area contributed by atoms with Gasteiger partial charge >= 0.3 is 0 Å². The fourth-order valence-electron chi connectivity index (χ4n) is 1.84. The predicted octanol–water partition coefficient (Wildman–Crippen LogP) is 3.82. The molecule has 0 saturated carbocycles. The fourth-order valence-corrected chi connectivity index (χ4v) is 2.08. The van der Waals surface area contributed by atoms with Crippen LogP contribution in [0.3, 0.4) is 0 Å². The van der Waals surface area contributed by atoms with Gasteiger partial charge in [-0.3, -0.25) is 14.9 Å². The number of carbonyl (C=O) groups is 1. The topological polar surface area (TPSA) is 69.4 Å². The van der Waals surface area contributed by atoms with Gasteiger partial charge in [0.2, 0.25) is 5.78 Å². The van der Waals surface area contributed by atoms with Crippen LogP contribution in [-0.2, 0) is 0 Å². The number of nitrogens with zero attached hydrogens (tertiary/aromatic N) is 1. The third-order valence-electron chi connectivity index (χ3n) is 2.91. The van der Waals surface area contributed by atoms with Gasteiger partial charge in [-0.2, -0.15) is 0 Å². The molecule has 108 valence electrons. The quantitative estimate of drug-likeness (QED) is 0.478. The molecule has 0 heterocycles. The minimum atomic E-state index is -0.464. The van der Waals surface area contributed by atoms with Gasteiger partial charge < -0.3 is 4.74 Å². The molecular weight excluding hydrogens is 294 g/mol. The van der Waals surface area contributed by atoms with Gasteiger partial charge in [-0.15, -0.1) is 0 Å². The molecule has 0 atom stereocenters. The lowest BCUT2D eigenvalue weighted by atomic mass is 10.1. The Morgan fingerprint density at radius 2 is 2.00 bits per heavy atom. The van der Waals surface area contributed by atoms with Crippen LogP contribution in [-0.4, -0.2) is 17.3 Å². The van der Waals surface area contributed by atoms with Crippen LogP contribution in [0.4, 0.5) is 5.69 Å². The lowest BCUT2D eigenvalue weighted by molar-refractivity contribution is -0.385. The molecule has 0 aromatic heterocycles. The highest BCUT2D eigenvalue weighted by Gasteiger charge is 2.13. The SMILES string of the molecule is Cc1cc(OCC(=O)c2ccccc2Cl)ccc1[N+](=O)[O-]. The number of carbonyl (C=O) groups excluding carboxylic acids is 1. The zero-order valence-electron chi connectivity index (χ0n) is 11.2. The average molecular weight is 306 g/mol. The molecule has 5 nitrogen and oxygen atoms in total. The fraction of sp³-hybridized carbons (Fsp3) is 0.133. The summed E-state index contributed by atoms with van der Waals surface area (Å²) in [4.78, 5) is 22.2. The molecule has 2 aromatic rings. The maximum atomic E-state index is 12.0. The van der Waals surface area contributed by atoms with E-state index in [0.29, 0.717) is 21.9 Å². The monoisotopic (exact) mass is 305 g/mol. The number of Topliss-reactive ketones (excluding diaryl/α,β-unsaturated/α-hetero) is 1. The number of rotatable bonds is 5. The van der Waals surface area contributed by atoms with Gasteiger partial charge in [-0.05, 0) is 31.2 Å². The highest BCUT2D eigenvalue weighted by Crippen LogP contribution is 2.23. The van der Waals surface area contributed by atoms with Gasteiger partial charge in [-0.25, -0.2) is 0 Å². The van der Waals surface area contributed by atoms with Gasteiger partial charge in [0.1, 0.15) is 5.75 Å². The molecule has 0 saturated heterocycles. The number of ketones is 1. The van der Waals surface area contributed by atoms with E-state index in [0.717, 1.165) is 0 Å². The van der Waals surface area contributed by atoms with Crippen molar-refractivity contribution in [1.29, 1.82) is 0 Å². The molecule has 2 aromatic carbocycles. The van der Waals surface area contributed by atoms with Crippen LogP contribution in [0.5, 0.6) is 5.75 Å². The van der Waals surface area contributed by atoms with Crippen LogP contribution >= 0.6 is 11.6 Å². The van der Waals surface area contributed by atoms with E-state index in [1.165, 1.54) is 18.2 Å². The van der Waals surface area contributed by atoms with E-state index in [-0.39, 0.29) is 18.1 Å². The van der Waals surface area contributed by atoms with Crippen molar-refractivity contribution in [2.45, 2.75) is 6.92 Å². The van der Waals surface area contributed by atoms with E-state index in [1.54, 1.807) is 31.2 Å². The van der Waals surface area contributed by atoms with Crippen LogP contribution in [0, 0.1) is 17.0 Å². The molecule has 0 fully saturated rings. The molecular formula is C15H12ClNO4. The summed E-state index contributed by atoms with van der Waals surface area (Å²) in [5.74, 6) is 0.148. The maximum absolute atomic E-state index is 12.0. The largest absolute Gasteiger partial charge is 0.485 e. The van der Waals surface area contributed by atoms with Crippen LogP contribution in [0.15, 0.2) is 42.5 Å². The van der Waals surface area contributed by atoms with E-state index < -0.39 is 4.92 Å². The highest BCUT2D eigenvalue weighted by atomic mass is 35.5. The predicted molar refractivity (Wildman–Crippen MR) is 79.1 cm³/mol. The Morgan fingerprint density at radius 1 is 1.29 bits per heavy atom. The number of benzene rings is 2. The van der Waals surface area contributed by atoms with Crippen molar-refractivity contribution in [3.63, 3.8) is 0 Å². The summed E-state index contributed by atoms with van der Waals surface area (Å²) in [7, 11) is 0. The van der Waals surface area contributed by atoms with Crippen LogP contribution < -0.4 is 4.74 Å². The van der Waals surface area contributed by atoms with Gasteiger partial charge in [0.15, 0.2) is 6.61 Å². The minimum Gasteiger partial charge on any atom is -0.485 e. The summed E-state index contributed by atoms with van der Waals surface area (Å²) in [6.45, 7) is 1.43. The third-order valence-corrected chi connectivity index (χ3v) is 3.24. The molecule has 0 aliphatic heterocycles. The molecule has 0 spiro atoms. The first-order valence-electron chi connectivity index (χ1n) is 6.14. The van der Waals surface area contributed by atoms with E-state index >= 15 is 0 Å². The summed E-state index contributed by atoms with van der Waals surface area (Å²) in [6.07, 6.45) is 0. The van der Waals surface area contributed by atoms with Crippen molar-refractivity contribution in [3.8, 4) is 5.75 Å². The lowest BCUT2D eigenvalue weighted by Gasteiger charge is -2.07. The highest BCUT2D eigenvalue weighted by molar-refractivity contribution is 6.34. The maximum Gasteiger partial charge on any atom is 0.272 e.